The Kier molecular flexibility index (Phi) is 7.97. The van der Waals surface area contributed by atoms with Gasteiger partial charge in [0, 0.05) is 25.6 Å². The predicted octanol–water partition coefficient (Wildman–Crippen LogP) is 0.213. The Morgan fingerprint density at radius 3 is 2.67 bits per heavy atom. The number of primary amides is 1. The van der Waals surface area contributed by atoms with Crippen LogP contribution in [-0.2, 0) is 4.79 Å². The standard InChI is InChI=1S/C16H24N4O3.ClH/c1-10-4-2-3-5-12(10)13(20-16(17)23)6-15(22)19-8-11-7-18-9-14(11)21;/h2-5,11,13-14,18,21H,6-9H2,1H3,(H,19,22)(H3,17,20,23);1H. The number of rotatable bonds is 6. The molecule has 1 fully saturated rings. The topological polar surface area (TPSA) is 116 Å². The van der Waals surface area contributed by atoms with Crippen molar-refractivity contribution in [1.82, 2.24) is 16.0 Å². The number of urea groups is 1. The minimum Gasteiger partial charge on any atom is -0.391 e. The lowest BCUT2D eigenvalue weighted by Gasteiger charge is -2.20. The van der Waals surface area contributed by atoms with Crippen LogP contribution in [0.3, 0.4) is 0 Å². The van der Waals surface area contributed by atoms with Gasteiger partial charge in [0.25, 0.3) is 0 Å². The molecule has 1 aliphatic heterocycles. The van der Waals surface area contributed by atoms with Crippen molar-refractivity contribution < 1.29 is 14.7 Å². The van der Waals surface area contributed by atoms with Crippen LogP contribution in [0.15, 0.2) is 24.3 Å². The Hall–Kier alpha value is -1.83. The number of benzene rings is 1. The number of hydrogen-bond donors (Lipinski definition) is 5. The lowest BCUT2D eigenvalue weighted by Crippen LogP contribution is -2.39. The molecule has 0 aromatic heterocycles. The van der Waals surface area contributed by atoms with Crippen molar-refractivity contribution in [2.45, 2.75) is 25.5 Å². The van der Waals surface area contributed by atoms with Crippen LogP contribution >= 0.6 is 12.4 Å². The van der Waals surface area contributed by atoms with E-state index in [4.69, 9.17) is 5.73 Å². The highest BCUT2D eigenvalue weighted by Crippen LogP contribution is 2.20. The average Bonchev–Trinajstić information content (AvgIpc) is 2.90. The van der Waals surface area contributed by atoms with E-state index in [-0.39, 0.29) is 30.7 Å². The number of halogens is 1. The van der Waals surface area contributed by atoms with Gasteiger partial charge >= 0.3 is 6.03 Å². The molecule has 0 aliphatic carbocycles. The molecule has 3 unspecified atom stereocenters. The van der Waals surface area contributed by atoms with Gasteiger partial charge in [-0.3, -0.25) is 4.79 Å². The number of aryl methyl sites for hydroxylation is 1. The van der Waals surface area contributed by atoms with E-state index in [0.717, 1.165) is 11.1 Å². The van der Waals surface area contributed by atoms with E-state index in [2.05, 4.69) is 16.0 Å². The van der Waals surface area contributed by atoms with Crippen LogP contribution in [0.4, 0.5) is 4.79 Å². The highest BCUT2D eigenvalue weighted by molar-refractivity contribution is 5.85. The molecule has 7 nitrogen and oxygen atoms in total. The van der Waals surface area contributed by atoms with Crippen molar-refractivity contribution in [1.29, 1.82) is 0 Å². The Bertz CT molecular complexity index is 570. The van der Waals surface area contributed by atoms with Gasteiger partial charge in [-0.15, -0.1) is 12.4 Å². The lowest BCUT2D eigenvalue weighted by molar-refractivity contribution is -0.121. The highest BCUT2D eigenvalue weighted by Gasteiger charge is 2.26. The number of carbonyl (C=O) groups is 2. The van der Waals surface area contributed by atoms with Crippen molar-refractivity contribution in [3.05, 3.63) is 35.4 Å². The fraction of sp³-hybridized carbons (Fsp3) is 0.500. The van der Waals surface area contributed by atoms with Crippen LogP contribution < -0.4 is 21.7 Å². The van der Waals surface area contributed by atoms with Gasteiger partial charge in [0.05, 0.1) is 18.6 Å². The molecule has 134 valence electrons. The predicted molar refractivity (Wildman–Crippen MR) is 93.9 cm³/mol. The fourth-order valence-electron chi connectivity index (χ4n) is 2.82. The maximum Gasteiger partial charge on any atom is 0.312 e. The van der Waals surface area contributed by atoms with Crippen LogP contribution in [-0.4, -0.2) is 42.8 Å². The third kappa shape index (κ3) is 5.67. The number of hydrogen-bond acceptors (Lipinski definition) is 4. The Morgan fingerprint density at radius 1 is 1.38 bits per heavy atom. The molecular formula is C16H25ClN4O3. The molecular weight excluding hydrogens is 332 g/mol. The quantitative estimate of drug-likeness (QED) is 0.501. The molecule has 1 aromatic rings. The molecule has 2 rings (SSSR count). The first kappa shape index (κ1) is 20.2. The van der Waals surface area contributed by atoms with Gasteiger partial charge in [0.2, 0.25) is 5.91 Å². The summed E-state index contributed by atoms with van der Waals surface area (Å²) in [6, 6.07) is 6.41. The SMILES string of the molecule is Cc1ccccc1C(CC(=O)NCC1CNCC1O)NC(N)=O.Cl. The molecule has 1 aromatic carbocycles. The van der Waals surface area contributed by atoms with Crippen LogP contribution in [0.25, 0.3) is 0 Å². The normalized spacial score (nSPS) is 20.8. The third-order valence-electron chi connectivity index (χ3n) is 4.14. The number of aliphatic hydroxyl groups is 1. The number of β-amino-alcohol motifs (C(OH)–C–C–N with tert-alkyl or cyclic N) is 1. The van der Waals surface area contributed by atoms with Gasteiger partial charge in [-0.1, -0.05) is 24.3 Å². The second-order valence-electron chi connectivity index (χ2n) is 5.91. The van der Waals surface area contributed by atoms with Crippen LogP contribution in [0.1, 0.15) is 23.6 Å². The minimum absolute atomic E-state index is 0. The fourth-order valence-corrected chi connectivity index (χ4v) is 2.82. The number of nitrogens with two attached hydrogens (primary N) is 1. The van der Waals surface area contributed by atoms with Crippen molar-refractivity contribution in [3.8, 4) is 0 Å². The van der Waals surface area contributed by atoms with E-state index in [9.17, 15) is 14.7 Å². The summed E-state index contributed by atoms with van der Waals surface area (Å²) in [6.45, 7) is 3.56. The van der Waals surface area contributed by atoms with Crippen LogP contribution in [0, 0.1) is 12.8 Å². The maximum atomic E-state index is 12.2. The summed E-state index contributed by atoms with van der Waals surface area (Å²) in [5, 5.41) is 18.2. The van der Waals surface area contributed by atoms with E-state index >= 15 is 0 Å². The first-order valence-electron chi connectivity index (χ1n) is 7.74. The zero-order valence-electron chi connectivity index (χ0n) is 13.6. The molecule has 6 N–H and O–H groups in total. The summed E-state index contributed by atoms with van der Waals surface area (Å²) < 4.78 is 0. The summed E-state index contributed by atoms with van der Waals surface area (Å²) in [6.07, 6.45) is -0.337. The molecule has 0 spiro atoms. The van der Waals surface area contributed by atoms with Crippen LogP contribution in [0.2, 0.25) is 0 Å². The number of nitrogens with one attached hydrogen (secondary N) is 3. The first-order valence-corrected chi connectivity index (χ1v) is 7.74. The monoisotopic (exact) mass is 356 g/mol. The van der Waals surface area contributed by atoms with Crippen molar-refractivity contribution in [2.75, 3.05) is 19.6 Å². The van der Waals surface area contributed by atoms with Gasteiger partial charge in [-0.05, 0) is 18.1 Å². The van der Waals surface area contributed by atoms with Crippen molar-refractivity contribution >= 4 is 24.3 Å². The highest BCUT2D eigenvalue weighted by atomic mass is 35.5. The zero-order valence-corrected chi connectivity index (χ0v) is 14.4. The Labute approximate surface area is 147 Å². The van der Waals surface area contributed by atoms with E-state index in [1.807, 2.05) is 31.2 Å². The summed E-state index contributed by atoms with van der Waals surface area (Å²) in [4.78, 5) is 23.4. The molecule has 24 heavy (non-hydrogen) atoms. The average molecular weight is 357 g/mol. The minimum atomic E-state index is -0.665. The summed E-state index contributed by atoms with van der Waals surface area (Å²) in [5.74, 6) is -0.175. The first-order chi connectivity index (χ1) is 11.0. The van der Waals surface area contributed by atoms with Gasteiger partial charge in [0.15, 0.2) is 0 Å². The van der Waals surface area contributed by atoms with E-state index in [0.29, 0.717) is 19.6 Å². The summed E-state index contributed by atoms with van der Waals surface area (Å²) >= 11 is 0. The van der Waals surface area contributed by atoms with Gasteiger partial charge in [0.1, 0.15) is 0 Å². The second-order valence-corrected chi connectivity index (χ2v) is 5.91. The number of amides is 3. The van der Waals surface area contributed by atoms with Crippen molar-refractivity contribution in [3.63, 3.8) is 0 Å². The largest absolute Gasteiger partial charge is 0.391 e. The molecule has 3 amide bonds. The lowest BCUT2D eigenvalue weighted by atomic mass is 9.98. The molecule has 1 heterocycles. The second kappa shape index (κ2) is 9.46. The van der Waals surface area contributed by atoms with Crippen molar-refractivity contribution in [2.24, 2.45) is 11.7 Å². The molecule has 3 atom stereocenters. The summed E-state index contributed by atoms with van der Waals surface area (Å²) in [5.41, 5.74) is 7.07. The number of aliphatic hydroxyl groups excluding tert-OH is 1. The van der Waals surface area contributed by atoms with Crippen LogP contribution in [0.5, 0.6) is 0 Å². The zero-order chi connectivity index (χ0) is 16.8. The van der Waals surface area contributed by atoms with Gasteiger partial charge in [-0.25, -0.2) is 4.79 Å². The molecule has 0 saturated carbocycles. The summed E-state index contributed by atoms with van der Waals surface area (Å²) in [7, 11) is 0. The third-order valence-corrected chi connectivity index (χ3v) is 4.14. The Morgan fingerprint density at radius 2 is 2.08 bits per heavy atom. The molecule has 0 radical (unpaired) electrons. The van der Waals surface area contributed by atoms with E-state index in [1.165, 1.54) is 0 Å². The number of carbonyl (C=O) groups excluding carboxylic acids is 2. The molecule has 1 saturated heterocycles. The molecule has 8 heteroatoms. The van der Waals surface area contributed by atoms with Gasteiger partial charge < -0.3 is 26.8 Å². The maximum absolute atomic E-state index is 12.2. The molecule has 0 bridgehead atoms. The Balaban J connectivity index is 0.00000288. The van der Waals surface area contributed by atoms with Gasteiger partial charge in [-0.2, -0.15) is 0 Å². The smallest absolute Gasteiger partial charge is 0.312 e. The van der Waals surface area contributed by atoms with E-state index in [1.54, 1.807) is 0 Å². The molecule has 1 aliphatic rings. The van der Waals surface area contributed by atoms with E-state index < -0.39 is 18.2 Å².